The molecule has 2 heterocycles. The van der Waals surface area contributed by atoms with Crippen molar-refractivity contribution >= 4 is 12.0 Å². The molecule has 0 bridgehead atoms. The van der Waals surface area contributed by atoms with Crippen molar-refractivity contribution in [1.29, 1.82) is 0 Å². The molecule has 0 aromatic carbocycles. The lowest BCUT2D eigenvalue weighted by Gasteiger charge is -2.38. The second-order valence-corrected chi connectivity index (χ2v) is 5.71. The van der Waals surface area contributed by atoms with Gasteiger partial charge >= 0.3 is 12.0 Å². The summed E-state index contributed by atoms with van der Waals surface area (Å²) >= 11 is 0. The summed E-state index contributed by atoms with van der Waals surface area (Å²) in [4.78, 5) is 27.4. The number of carbonyl (C=O) groups is 2. The number of amides is 2. The van der Waals surface area contributed by atoms with Crippen molar-refractivity contribution in [2.45, 2.75) is 31.8 Å². The van der Waals surface area contributed by atoms with Crippen molar-refractivity contribution in [2.75, 3.05) is 39.9 Å². The molecule has 2 N–H and O–H groups in total. The summed E-state index contributed by atoms with van der Waals surface area (Å²) < 4.78 is 5.29. The summed E-state index contributed by atoms with van der Waals surface area (Å²) in [5.41, 5.74) is 0. The number of rotatable bonds is 4. The molecule has 0 aromatic heterocycles. The van der Waals surface area contributed by atoms with E-state index < -0.39 is 11.9 Å². The van der Waals surface area contributed by atoms with Gasteiger partial charge in [0.15, 0.2) is 0 Å². The molecule has 0 spiro atoms. The van der Waals surface area contributed by atoms with Crippen LogP contribution >= 0.6 is 0 Å². The number of ether oxygens (including phenoxy) is 1. The number of carbonyl (C=O) groups excluding carboxylic acids is 1. The summed E-state index contributed by atoms with van der Waals surface area (Å²) in [7, 11) is 1.81. The van der Waals surface area contributed by atoms with Crippen LogP contribution in [0.25, 0.3) is 0 Å². The van der Waals surface area contributed by atoms with Crippen LogP contribution in [0.2, 0.25) is 0 Å². The predicted octanol–water partition coefficient (Wildman–Crippen LogP) is 0.212. The van der Waals surface area contributed by atoms with Crippen LogP contribution in [0, 0.1) is 5.92 Å². The highest BCUT2D eigenvalue weighted by molar-refractivity contribution is 5.77. The Morgan fingerprint density at radius 3 is 2.52 bits per heavy atom. The Morgan fingerprint density at radius 1 is 1.29 bits per heavy atom. The number of carboxylic acid groups (broad SMARTS) is 1. The van der Waals surface area contributed by atoms with Crippen molar-refractivity contribution in [3.05, 3.63) is 0 Å². The molecule has 2 saturated heterocycles. The molecular weight excluding hydrogens is 274 g/mol. The minimum absolute atomic E-state index is 0.0915. The fourth-order valence-corrected chi connectivity index (χ4v) is 3.15. The van der Waals surface area contributed by atoms with E-state index in [1.165, 1.54) is 0 Å². The van der Waals surface area contributed by atoms with Crippen LogP contribution in [0.4, 0.5) is 4.79 Å². The molecule has 7 heteroatoms. The summed E-state index contributed by atoms with van der Waals surface area (Å²) in [5, 5.41) is 12.5. The van der Waals surface area contributed by atoms with E-state index in [0.717, 1.165) is 25.9 Å². The number of nitrogens with one attached hydrogen (secondary N) is 1. The molecule has 2 unspecified atom stereocenters. The zero-order valence-corrected chi connectivity index (χ0v) is 12.7. The van der Waals surface area contributed by atoms with E-state index in [1.54, 1.807) is 9.80 Å². The van der Waals surface area contributed by atoms with Crippen LogP contribution in [-0.2, 0) is 9.53 Å². The summed E-state index contributed by atoms with van der Waals surface area (Å²) in [6.45, 7) is 4.69. The van der Waals surface area contributed by atoms with Crippen LogP contribution in [-0.4, -0.2) is 78.9 Å². The Balaban J connectivity index is 2.05. The maximum absolute atomic E-state index is 12.7. The van der Waals surface area contributed by atoms with Crippen LogP contribution in [0.3, 0.4) is 0 Å². The van der Waals surface area contributed by atoms with Crippen LogP contribution in [0.15, 0.2) is 0 Å². The molecule has 2 amide bonds. The lowest BCUT2D eigenvalue weighted by molar-refractivity contribution is -0.142. The fourth-order valence-electron chi connectivity index (χ4n) is 3.15. The molecule has 0 radical (unpaired) electrons. The van der Waals surface area contributed by atoms with E-state index in [1.807, 2.05) is 14.0 Å². The first kappa shape index (κ1) is 16.0. The molecule has 120 valence electrons. The van der Waals surface area contributed by atoms with Gasteiger partial charge in [0.25, 0.3) is 0 Å². The van der Waals surface area contributed by atoms with Crippen LogP contribution < -0.4 is 5.32 Å². The molecule has 0 aromatic rings. The lowest BCUT2D eigenvalue weighted by atomic mass is 10.0. The van der Waals surface area contributed by atoms with Gasteiger partial charge in [-0.15, -0.1) is 0 Å². The number of nitrogens with zero attached hydrogens (tertiary/aromatic N) is 2. The average molecular weight is 299 g/mol. The lowest BCUT2D eigenvalue weighted by Crippen LogP contribution is -2.54. The van der Waals surface area contributed by atoms with Crippen molar-refractivity contribution in [1.82, 2.24) is 15.1 Å². The minimum atomic E-state index is -0.895. The van der Waals surface area contributed by atoms with Gasteiger partial charge in [0.1, 0.15) is 5.92 Å². The van der Waals surface area contributed by atoms with Crippen LogP contribution in [0.5, 0.6) is 0 Å². The molecule has 2 aliphatic heterocycles. The third-order valence-corrected chi connectivity index (χ3v) is 4.51. The first-order chi connectivity index (χ1) is 10.1. The number of carboxylic acids is 1. The number of aliphatic carboxylic acids is 1. The normalized spacial score (nSPS) is 26.6. The maximum Gasteiger partial charge on any atom is 0.320 e. The fraction of sp³-hybridized carbons (Fsp3) is 0.857. The SMILES string of the molecule is CCN(C(=O)N(C)C1CCNCC1)C1COCC1C(=O)O. The van der Waals surface area contributed by atoms with E-state index in [-0.39, 0.29) is 24.7 Å². The van der Waals surface area contributed by atoms with E-state index in [4.69, 9.17) is 4.74 Å². The largest absolute Gasteiger partial charge is 0.481 e. The first-order valence-corrected chi connectivity index (χ1v) is 7.61. The zero-order chi connectivity index (χ0) is 15.4. The Labute approximate surface area is 125 Å². The number of hydrogen-bond donors (Lipinski definition) is 2. The summed E-state index contributed by atoms with van der Waals surface area (Å²) in [6.07, 6.45) is 1.87. The first-order valence-electron chi connectivity index (χ1n) is 7.61. The van der Waals surface area contributed by atoms with Gasteiger partial charge in [0.2, 0.25) is 0 Å². The highest BCUT2D eigenvalue weighted by Gasteiger charge is 2.40. The van der Waals surface area contributed by atoms with Crippen molar-refractivity contribution in [3.8, 4) is 0 Å². The van der Waals surface area contributed by atoms with E-state index >= 15 is 0 Å². The third-order valence-electron chi connectivity index (χ3n) is 4.51. The molecule has 0 aliphatic carbocycles. The molecule has 0 saturated carbocycles. The second-order valence-electron chi connectivity index (χ2n) is 5.71. The number of hydrogen-bond acceptors (Lipinski definition) is 4. The molecule has 21 heavy (non-hydrogen) atoms. The van der Waals surface area contributed by atoms with Crippen LogP contribution in [0.1, 0.15) is 19.8 Å². The Kier molecular flexibility index (Phi) is 5.41. The highest BCUT2D eigenvalue weighted by atomic mass is 16.5. The zero-order valence-electron chi connectivity index (χ0n) is 12.7. The highest BCUT2D eigenvalue weighted by Crippen LogP contribution is 2.22. The molecule has 2 rings (SSSR count). The van der Waals surface area contributed by atoms with Crippen molar-refractivity contribution in [2.24, 2.45) is 5.92 Å². The maximum atomic E-state index is 12.7. The van der Waals surface area contributed by atoms with E-state index in [0.29, 0.717) is 13.2 Å². The molecule has 2 atom stereocenters. The smallest absolute Gasteiger partial charge is 0.320 e. The number of piperidine rings is 1. The topological polar surface area (TPSA) is 82.1 Å². The summed E-state index contributed by atoms with van der Waals surface area (Å²) in [5.74, 6) is -1.52. The Morgan fingerprint density at radius 2 is 1.95 bits per heavy atom. The number of likely N-dealkylation sites (N-methyl/N-ethyl adjacent to an activating group) is 1. The standard InChI is InChI=1S/C14H25N3O4/c1-3-17(12-9-21-8-11(12)13(18)19)14(20)16(2)10-4-6-15-7-5-10/h10-12,15H,3-9H2,1-2H3,(H,18,19). The third kappa shape index (κ3) is 3.47. The Bertz CT molecular complexity index is 384. The van der Waals surface area contributed by atoms with Gasteiger partial charge in [0.05, 0.1) is 19.3 Å². The minimum Gasteiger partial charge on any atom is -0.481 e. The monoisotopic (exact) mass is 299 g/mol. The quantitative estimate of drug-likeness (QED) is 0.775. The van der Waals surface area contributed by atoms with Gasteiger partial charge in [-0.25, -0.2) is 4.79 Å². The molecule has 2 aliphatic rings. The molecule has 7 nitrogen and oxygen atoms in total. The van der Waals surface area contributed by atoms with Gasteiger partial charge in [0, 0.05) is 19.6 Å². The van der Waals surface area contributed by atoms with Gasteiger partial charge in [-0.1, -0.05) is 0 Å². The van der Waals surface area contributed by atoms with Gasteiger partial charge in [-0.3, -0.25) is 4.79 Å². The second kappa shape index (κ2) is 7.09. The van der Waals surface area contributed by atoms with E-state index in [9.17, 15) is 14.7 Å². The molecular formula is C14H25N3O4. The number of urea groups is 1. The van der Waals surface area contributed by atoms with Crippen molar-refractivity contribution < 1.29 is 19.4 Å². The van der Waals surface area contributed by atoms with Crippen molar-refractivity contribution in [3.63, 3.8) is 0 Å². The molecule has 2 fully saturated rings. The average Bonchev–Trinajstić information content (AvgIpc) is 2.97. The van der Waals surface area contributed by atoms with Gasteiger partial charge < -0.3 is 25.0 Å². The van der Waals surface area contributed by atoms with E-state index in [2.05, 4.69) is 5.32 Å². The summed E-state index contributed by atoms with van der Waals surface area (Å²) in [6, 6.07) is -0.242. The predicted molar refractivity (Wildman–Crippen MR) is 77.2 cm³/mol. The Hall–Kier alpha value is -1.34. The van der Waals surface area contributed by atoms with Gasteiger partial charge in [-0.05, 0) is 32.9 Å². The van der Waals surface area contributed by atoms with Gasteiger partial charge in [-0.2, -0.15) is 0 Å².